The molecule has 0 spiro atoms. The van der Waals surface area contributed by atoms with Crippen LogP contribution >= 0.6 is 0 Å². The Labute approximate surface area is 138 Å². The molecule has 0 atom stereocenters. The molecule has 0 aliphatic carbocycles. The Morgan fingerprint density at radius 1 is 1.25 bits per heavy atom. The van der Waals surface area contributed by atoms with Crippen molar-refractivity contribution in [2.75, 3.05) is 11.9 Å². The highest BCUT2D eigenvalue weighted by Crippen LogP contribution is 2.30. The van der Waals surface area contributed by atoms with E-state index in [1.54, 1.807) is 43.5 Å². The zero-order chi connectivity index (χ0) is 17.1. The molecule has 122 valence electrons. The second kappa shape index (κ2) is 6.54. The van der Waals surface area contributed by atoms with Crippen molar-refractivity contribution >= 4 is 28.7 Å². The summed E-state index contributed by atoms with van der Waals surface area (Å²) >= 11 is 0. The first-order valence-corrected chi connectivity index (χ1v) is 7.52. The van der Waals surface area contributed by atoms with E-state index in [1.165, 1.54) is 0 Å². The number of furan rings is 1. The molecular formula is C18H16N2O4. The molecular weight excluding hydrogens is 308 g/mol. The highest BCUT2D eigenvalue weighted by atomic mass is 16.5. The molecule has 0 saturated heterocycles. The molecule has 3 rings (SSSR count). The topological polar surface area (TPSA) is 81.4 Å². The van der Waals surface area contributed by atoms with E-state index in [0.717, 1.165) is 5.56 Å². The highest BCUT2D eigenvalue weighted by molar-refractivity contribution is 6.13. The molecule has 0 unspecified atom stereocenters. The van der Waals surface area contributed by atoms with E-state index < -0.39 is 5.97 Å². The molecule has 6 heteroatoms. The van der Waals surface area contributed by atoms with E-state index in [2.05, 4.69) is 10.3 Å². The third-order valence-corrected chi connectivity index (χ3v) is 3.45. The molecule has 1 amide bonds. The van der Waals surface area contributed by atoms with Crippen LogP contribution in [0.1, 0.15) is 33.4 Å². The van der Waals surface area contributed by atoms with Gasteiger partial charge in [0.2, 0.25) is 11.5 Å². The molecule has 6 nitrogen and oxygen atoms in total. The monoisotopic (exact) mass is 324 g/mol. The maximum Gasteiger partial charge on any atom is 0.376 e. The van der Waals surface area contributed by atoms with E-state index in [0.29, 0.717) is 10.9 Å². The summed E-state index contributed by atoms with van der Waals surface area (Å²) in [6.07, 6.45) is 1.55. The van der Waals surface area contributed by atoms with Crippen molar-refractivity contribution < 1.29 is 18.7 Å². The smallest absolute Gasteiger partial charge is 0.376 e. The third-order valence-electron chi connectivity index (χ3n) is 3.45. The van der Waals surface area contributed by atoms with E-state index >= 15 is 0 Å². The van der Waals surface area contributed by atoms with Crippen molar-refractivity contribution in [1.29, 1.82) is 0 Å². The summed E-state index contributed by atoms with van der Waals surface area (Å²) < 4.78 is 10.5. The minimum atomic E-state index is -0.643. The Kier molecular flexibility index (Phi) is 4.29. The number of aryl methyl sites for hydroxylation is 1. The fraction of sp³-hybridized carbons (Fsp3) is 0.167. The predicted molar refractivity (Wildman–Crippen MR) is 89.1 cm³/mol. The number of hydrogen-bond acceptors (Lipinski definition) is 5. The summed E-state index contributed by atoms with van der Waals surface area (Å²) in [6.45, 7) is 3.80. The number of amides is 1. The van der Waals surface area contributed by atoms with Crippen LogP contribution in [-0.2, 0) is 4.74 Å². The van der Waals surface area contributed by atoms with Gasteiger partial charge in [0.05, 0.1) is 12.0 Å². The van der Waals surface area contributed by atoms with E-state index in [4.69, 9.17) is 9.15 Å². The van der Waals surface area contributed by atoms with Crippen molar-refractivity contribution in [3.05, 3.63) is 59.5 Å². The van der Waals surface area contributed by atoms with Crippen molar-refractivity contribution in [2.45, 2.75) is 13.8 Å². The second-order valence-electron chi connectivity index (χ2n) is 5.21. The van der Waals surface area contributed by atoms with Crippen LogP contribution in [0.3, 0.4) is 0 Å². The molecule has 1 aromatic carbocycles. The van der Waals surface area contributed by atoms with Gasteiger partial charge < -0.3 is 14.5 Å². The lowest BCUT2D eigenvalue weighted by Crippen LogP contribution is -2.15. The summed E-state index contributed by atoms with van der Waals surface area (Å²) in [5.41, 5.74) is 1.98. The molecule has 1 N–H and O–H groups in total. The second-order valence-corrected chi connectivity index (χ2v) is 5.21. The Morgan fingerprint density at radius 2 is 2.08 bits per heavy atom. The Hall–Kier alpha value is -3.15. The standard InChI is InChI=1S/C18H16N2O4/c1-3-23-18(22)15-14(13-8-5-9-19-17(13)24-15)20-16(21)12-7-4-6-11(2)10-12/h4-10H,3H2,1-2H3,(H,20,21). The van der Waals surface area contributed by atoms with Gasteiger partial charge in [0.25, 0.3) is 5.91 Å². The fourth-order valence-corrected chi connectivity index (χ4v) is 2.37. The van der Waals surface area contributed by atoms with Crippen molar-refractivity contribution in [3.63, 3.8) is 0 Å². The summed E-state index contributed by atoms with van der Waals surface area (Å²) in [7, 11) is 0. The fourth-order valence-electron chi connectivity index (χ4n) is 2.37. The number of aromatic nitrogens is 1. The average Bonchev–Trinajstić information content (AvgIpc) is 2.94. The van der Waals surface area contributed by atoms with Crippen LogP contribution in [0.15, 0.2) is 47.0 Å². The number of hydrogen-bond donors (Lipinski definition) is 1. The van der Waals surface area contributed by atoms with Gasteiger partial charge in [-0.25, -0.2) is 9.78 Å². The molecule has 0 radical (unpaired) electrons. The molecule has 0 bridgehead atoms. The number of rotatable bonds is 4. The molecule has 2 aromatic heterocycles. The predicted octanol–water partition coefficient (Wildman–Crippen LogP) is 3.57. The number of nitrogens with one attached hydrogen (secondary N) is 1. The van der Waals surface area contributed by atoms with Gasteiger partial charge in [-0.1, -0.05) is 17.7 Å². The minimum Gasteiger partial charge on any atom is -0.460 e. The summed E-state index contributed by atoms with van der Waals surface area (Å²) in [5, 5.41) is 3.29. The third kappa shape index (κ3) is 2.99. The molecule has 24 heavy (non-hydrogen) atoms. The summed E-state index contributed by atoms with van der Waals surface area (Å²) in [4.78, 5) is 28.7. The van der Waals surface area contributed by atoms with Crippen molar-refractivity contribution in [3.8, 4) is 0 Å². The largest absolute Gasteiger partial charge is 0.460 e. The molecule has 0 aliphatic rings. The van der Waals surface area contributed by atoms with Gasteiger partial charge in [0.15, 0.2) is 0 Å². The quantitative estimate of drug-likeness (QED) is 0.742. The number of pyridine rings is 1. The van der Waals surface area contributed by atoms with E-state index in [1.807, 2.05) is 13.0 Å². The molecule has 0 fully saturated rings. The van der Waals surface area contributed by atoms with Crippen molar-refractivity contribution in [2.24, 2.45) is 0 Å². The van der Waals surface area contributed by atoms with Gasteiger partial charge in [-0.3, -0.25) is 4.79 Å². The normalized spacial score (nSPS) is 10.6. The van der Waals surface area contributed by atoms with Crippen LogP contribution in [-0.4, -0.2) is 23.5 Å². The first-order chi connectivity index (χ1) is 11.6. The van der Waals surface area contributed by atoms with Crippen molar-refractivity contribution in [1.82, 2.24) is 4.98 Å². The molecule has 0 saturated carbocycles. The van der Waals surface area contributed by atoms with Crippen LogP contribution in [0.2, 0.25) is 0 Å². The Bertz CT molecular complexity index is 914. The maximum atomic E-state index is 12.5. The van der Waals surface area contributed by atoms with Crippen LogP contribution < -0.4 is 5.32 Å². The minimum absolute atomic E-state index is 0.0634. The van der Waals surface area contributed by atoms with Gasteiger partial charge in [0, 0.05) is 11.8 Å². The van der Waals surface area contributed by atoms with Gasteiger partial charge in [-0.05, 0) is 38.1 Å². The number of esters is 1. The molecule has 2 heterocycles. The Balaban J connectivity index is 2.02. The molecule has 0 aliphatic heterocycles. The maximum absolute atomic E-state index is 12.5. The number of carbonyl (C=O) groups excluding carboxylic acids is 2. The SMILES string of the molecule is CCOC(=O)c1oc2ncccc2c1NC(=O)c1cccc(C)c1. The summed E-state index contributed by atoms with van der Waals surface area (Å²) in [5.74, 6) is -1.04. The lowest BCUT2D eigenvalue weighted by atomic mass is 10.1. The van der Waals surface area contributed by atoms with E-state index in [-0.39, 0.29) is 29.7 Å². The first kappa shape index (κ1) is 15.7. The number of nitrogens with zero attached hydrogens (tertiary/aromatic N) is 1. The summed E-state index contributed by atoms with van der Waals surface area (Å²) in [6, 6.07) is 10.6. The Morgan fingerprint density at radius 3 is 2.83 bits per heavy atom. The highest BCUT2D eigenvalue weighted by Gasteiger charge is 2.24. The number of anilines is 1. The number of ether oxygens (including phenoxy) is 1. The van der Waals surface area contributed by atoms with Gasteiger partial charge in [0.1, 0.15) is 5.69 Å². The zero-order valence-corrected chi connectivity index (χ0v) is 13.3. The zero-order valence-electron chi connectivity index (χ0n) is 13.3. The van der Waals surface area contributed by atoms with Gasteiger partial charge in [-0.15, -0.1) is 0 Å². The van der Waals surface area contributed by atoms with Crippen LogP contribution in [0.5, 0.6) is 0 Å². The average molecular weight is 324 g/mol. The number of fused-ring (bicyclic) bond motifs is 1. The van der Waals surface area contributed by atoms with Gasteiger partial charge >= 0.3 is 5.97 Å². The van der Waals surface area contributed by atoms with Crippen LogP contribution in [0, 0.1) is 6.92 Å². The number of carbonyl (C=O) groups is 2. The molecule has 3 aromatic rings. The van der Waals surface area contributed by atoms with Gasteiger partial charge in [-0.2, -0.15) is 0 Å². The first-order valence-electron chi connectivity index (χ1n) is 7.52. The lowest BCUT2D eigenvalue weighted by Gasteiger charge is -2.06. The number of benzene rings is 1. The van der Waals surface area contributed by atoms with Crippen LogP contribution in [0.4, 0.5) is 5.69 Å². The van der Waals surface area contributed by atoms with Crippen LogP contribution in [0.25, 0.3) is 11.1 Å². The lowest BCUT2D eigenvalue weighted by molar-refractivity contribution is 0.0494. The van der Waals surface area contributed by atoms with E-state index in [9.17, 15) is 9.59 Å².